The number of rotatable bonds is 2. The van der Waals surface area contributed by atoms with Crippen molar-refractivity contribution in [2.75, 3.05) is 31.1 Å². The maximum atomic E-state index is 13.6. The van der Waals surface area contributed by atoms with Crippen LogP contribution in [0.1, 0.15) is 29.6 Å². The van der Waals surface area contributed by atoms with Crippen LogP contribution in [0.25, 0.3) is 0 Å². The first kappa shape index (κ1) is 18.6. The van der Waals surface area contributed by atoms with Crippen molar-refractivity contribution in [2.24, 2.45) is 0 Å². The third-order valence-corrected chi connectivity index (χ3v) is 5.46. The van der Waals surface area contributed by atoms with Crippen LogP contribution < -0.4 is 4.90 Å². The van der Waals surface area contributed by atoms with Gasteiger partial charge in [-0.3, -0.25) is 14.6 Å². The molecule has 2 amide bonds. The third-order valence-electron chi connectivity index (χ3n) is 5.46. The van der Waals surface area contributed by atoms with Crippen molar-refractivity contribution >= 4 is 17.5 Å². The lowest BCUT2D eigenvalue weighted by atomic mass is 9.92. The summed E-state index contributed by atoms with van der Waals surface area (Å²) in [6.45, 7) is 1.50. The van der Waals surface area contributed by atoms with Crippen LogP contribution in [0.15, 0.2) is 48.8 Å². The molecule has 0 N–H and O–H groups in total. The Kier molecular flexibility index (Phi) is 5.09. The molecule has 0 saturated carbocycles. The molecule has 2 aliphatic heterocycles. The first-order valence-electron chi connectivity index (χ1n) is 9.46. The fourth-order valence-electron chi connectivity index (χ4n) is 3.94. The van der Waals surface area contributed by atoms with E-state index in [-0.39, 0.29) is 24.2 Å². The number of hydrogen-bond donors (Lipinski definition) is 0. The molecule has 0 bridgehead atoms. The van der Waals surface area contributed by atoms with Gasteiger partial charge in [0.2, 0.25) is 0 Å². The average Bonchev–Trinajstić information content (AvgIpc) is 2.93. The quantitative estimate of drug-likeness (QED) is 0.800. The number of ether oxygens (including phenoxy) is 1. The van der Waals surface area contributed by atoms with Gasteiger partial charge in [0, 0.05) is 31.2 Å². The minimum absolute atomic E-state index is 0.0347. The van der Waals surface area contributed by atoms with Crippen molar-refractivity contribution in [3.05, 3.63) is 60.2 Å². The maximum Gasteiger partial charge on any atom is 0.255 e. The Morgan fingerprint density at radius 1 is 1.18 bits per heavy atom. The standard InChI is InChI=1S/C21H22FN3O3/c22-17-5-1-6-18(12-17)25-15-21(28-14-19(25)26)7-3-10-24(11-8-21)20(27)16-4-2-9-23-13-16/h1-2,4-6,9,12-13H,3,7-8,10-11,14-15H2. The molecule has 2 aliphatic rings. The van der Waals surface area contributed by atoms with Crippen molar-refractivity contribution in [1.82, 2.24) is 9.88 Å². The molecule has 3 heterocycles. The molecular formula is C21H22FN3O3. The van der Waals surface area contributed by atoms with E-state index in [1.165, 1.54) is 12.1 Å². The highest BCUT2D eigenvalue weighted by atomic mass is 19.1. The number of morpholine rings is 1. The Morgan fingerprint density at radius 3 is 2.86 bits per heavy atom. The van der Waals surface area contributed by atoms with Gasteiger partial charge in [-0.25, -0.2) is 4.39 Å². The zero-order valence-corrected chi connectivity index (χ0v) is 15.5. The van der Waals surface area contributed by atoms with Crippen LogP contribution in [0.4, 0.5) is 10.1 Å². The highest BCUT2D eigenvalue weighted by molar-refractivity contribution is 5.95. The van der Waals surface area contributed by atoms with E-state index in [4.69, 9.17) is 4.74 Å². The average molecular weight is 383 g/mol. The first-order valence-corrected chi connectivity index (χ1v) is 9.46. The molecule has 1 atom stereocenters. The fraction of sp³-hybridized carbons (Fsp3) is 0.381. The van der Waals surface area contributed by atoms with E-state index < -0.39 is 5.60 Å². The summed E-state index contributed by atoms with van der Waals surface area (Å²) in [6.07, 6.45) is 5.35. The van der Waals surface area contributed by atoms with E-state index in [2.05, 4.69) is 4.98 Å². The van der Waals surface area contributed by atoms with E-state index in [1.54, 1.807) is 41.6 Å². The number of likely N-dealkylation sites (tertiary alicyclic amines) is 1. The molecule has 0 aliphatic carbocycles. The van der Waals surface area contributed by atoms with E-state index >= 15 is 0 Å². The Bertz CT molecular complexity index is 876. The topological polar surface area (TPSA) is 62.7 Å². The summed E-state index contributed by atoms with van der Waals surface area (Å²) in [5.41, 5.74) is 0.587. The number of anilines is 1. The summed E-state index contributed by atoms with van der Waals surface area (Å²) >= 11 is 0. The molecule has 7 heteroatoms. The van der Waals surface area contributed by atoms with E-state index in [9.17, 15) is 14.0 Å². The number of carbonyl (C=O) groups excluding carboxylic acids is 2. The van der Waals surface area contributed by atoms with Gasteiger partial charge >= 0.3 is 0 Å². The number of aromatic nitrogens is 1. The smallest absolute Gasteiger partial charge is 0.255 e. The van der Waals surface area contributed by atoms with Crippen molar-refractivity contribution in [1.29, 1.82) is 0 Å². The molecule has 1 aromatic heterocycles. The summed E-state index contributed by atoms with van der Waals surface area (Å²) < 4.78 is 19.6. The molecule has 1 aromatic carbocycles. The predicted octanol–water partition coefficient (Wildman–Crippen LogP) is 2.65. The van der Waals surface area contributed by atoms with Gasteiger partial charge in [0.1, 0.15) is 12.4 Å². The molecule has 2 saturated heterocycles. The Balaban J connectivity index is 1.49. The molecule has 28 heavy (non-hydrogen) atoms. The second-order valence-corrected chi connectivity index (χ2v) is 7.32. The van der Waals surface area contributed by atoms with Crippen LogP contribution in [-0.4, -0.2) is 53.5 Å². The molecule has 6 nitrogen and oxygen atoms in total. The van der Waals surface area contributed by atoms with Crippen molar-refractivity contribution < 1.29 is 18.7 Å². The second kappa shape index (κ2) is 7.67. The van der Waals surface area contributed by atoms with Gasteiger partial charge in [0.25, 0.3) is 11.8 Å². The van der Waals surface area contributed by atoms with E-state index in [0.29, 0.717) is 37.3 Å². The lowest BCUT2D eigenvalue weighted by Gasteiger charge is -2.42. The van der Waals surface area contributed by atoms with Crippen molar-refractivity contribution in [3.63, 3.8) is 0 Å². The van der Waals surface area contributed by atoms with E-state index in [0.717, 1.165) is 12.8 Å². The molecular weight excluding hydrogens is 361 g/mol. The summed E-state index contributed by atoms with van der Waals surface area (Å²) in [7, 11) is 0. The number of benzene rings is 1. The minimum Gasteiger partial charge on any atom is -0.363 e. The summed E-state index contributed by atoms with van der Waals surface area (Å²) in [5.74, 6) is -0.595. The molecule has 1 spiro atoms. The van der Waals surface area contributed by atoms with Gasteiger partial charge in [-0.1, -0.05) is 6.07 Å². The molecule has 1 unspecified atom stereocenters. The SMILES string of the molecule is O=C(c1cccnc1)N1CCCC2(CC1)CN(c1cccc(F)c1)C(=O)CO2. The van der Waals surface area contributed by atoms with Gasteiger partial charge in [0.05, 0.1) is 17.7 Å². The molecule has 2 aromatic rings. The van der Waals surface area contributed by atoms with Crippen LogP contribution in [-0.2, 0) is 9.53 Å². The molecule has 146 valence electrons. The van der Waals surface area contributed by atoms with Gasteiger partial charge in [-0.2, -0.15) is 0 Å². The summed E-state index contributed by atoms with van der Waals surface area (Å²) in [5, 5.41) is 0. The Labute approximate surface area is 162 Å². The van der Waals surface area contributed by atoms with Gasteiger partial charge < -0.3 is 14.5 Å². The number of hydrogen-bond acceptors (Lipinski definition) is 4. The maximum absolute atomic E-state index is 13.6. The van der Waals surface area contributed by atoms with Crippen molar-refractivity contribution in [2.45, 2.75) is 24.9 Å². The lowest BCUT2D eigenvalue weighted by molar-refractivity contribution is -0.140. The van der Waals surface area contributed by atoms with Crippen LogP contribution in [0.3, 0.4) is 0 Å². The van der Waals surface area contributed by atoms with Gasteiger partial charge in [0.15, 0.2) is 0 Å². The van der Waals surface area contributed by atoms with Crippen LogP contribution in [0.2, 0.25) is 0 Å². The van der Waals surface area contributed by atoms with Crippen LogP contribution in [0, 0.1) is 5.82 Å². The number of carbonyl (C=O) groups is 2. The molecule has 2 fully saturated rings. The van der Waals surface area contributed by atoms with E-state index in [1.807, 2.05) is 4.90 Å². The zero-order valence-electron chi connectivity index (χ0n) is 15.5. The number of halogens is 1. The Morgan fingerprint density at radius 2 is 2.07 bits per heavy atom. The fourth-order valence-corrected chi connectivity index (χ4v) is 3.94. The second-order valence-electron chi connectivity index (χ2n) is 7.32. The molecule has 0 radical (unpaired) electrons. The number of pyridine rings is 1. The van der Waals surface area contributed by atoms with Gasteiger partial charge in [-0.05, 0) is 49.6 Å². The van der Waals surface area contributed by atoms with Crippen LogP contribution in [0.5, 0.6) is 0 Å². The number of nitrogens with zero attached hydrogens (tertiary/aromatic N) is 3. The highest BCUT2D eigenvalue weighted by Gasteiger charge is 2.42. The number of amides is 2. The highest BCUT2D eigenvalue weighted by Crippen LogP contribution is 2.33. The predicted molar refractivity (Wildman–Crippen MR) is 101 cm³/mol. The Hall–Kier alpha value is -2.80. The monoisotopic (exact) mass is 383 g/mol. The zero-order chi connectivity index (χ0) is 19.6. The third kappa shape index (κ3) is 3.75. The van der Waals surface area contributed by atoms with Gasteiger partial charge in [-0.15, -0.1) is 0 Å². The largest absolute Gasteiger partial charge is 0.363 e. The minimum atomic E-state index is -0.524. The molecule has 4 rings (SSSR count). The first-order chi connectivity index (χ1) is 13.6. The normalized spacial score (nSPS) is 23.0. The lowest BCUT2D eigenvalue weighted by Crippen LogP contribution is -2.55. The van der Waals surface area contributed by atoms with Crippen molar-refractivity contribution in [3.8, 4) is 0 Å². The summed E-state index contributed by atoms with van der Waals surface area (Å²) in [6, 6.07) is 9.57. The summed E-state index contributed by atoms with van der Waals surface area (Å²) in [4.78, 5) is 32.6. The van der Waals surface area contributed by atoms with Crippen LogP contribution >= 0.6 is 0 Å².